The van der Waals surface area contributed by atoms with Crippen LogP contribution in [-0.4, -0.2) is 6.29 Å². The van der Waals surface area contributed by atoms with Crippen LogP contribution in [0.3, 0.4) is 0 Å². The van der Waals surface area contributed by atoms with Crippen molar-refractivity contribution in [3.8, 4) is 0 Å². The zero-order valence-electron chi connectivity index (χ0n) is 13.4. The number of allylic oxidation sites excluding steroid dienone is 5. The average molecular weight is 284 g/mol. The van der Waals surface area contributed by atoms with Crippen LogP contribution in [-0.2, 0) is 11.8 Å². The predicted octanol–water partition coefficient (Wildman–Crippen LogP) is 4.22. The molecule has 0 saturated carbocycles. The van der Waals surface area contributed by atoms with Crippen molar-refractivity contribution in [2.24, 2.45) is 7.05 Å². The van der Waals surface area contributed by atoms with Crippen molar-refractivity contribution in [1.29, 1.82) is 0 Å². The van der Waals surface area contributed by atoms with E-state index in [1.807, 2.05) is 55.2 Å². The molecule has 1 rings (SSSR count). The first-order valence-electron chi connectivity index (χ1n) is 6.56. The van der Waals surface area contributed by atoms with Gasteiger partial charge in [0.05, 0.1) is 0 Å². The Morgan fingerprint density at radius 3 is 2.10 bits per heavy atom. The molecule has 0 fully saturated rings. The van der Waals surface area contributed by atoms with Crippen LogP contribution in [0.1, 0.15) is 19.4 Å². The molecule has 0 aliphatic rings. The molecule has 0 atom stereocenters. The number of rotatable bonds is 4. The largest absolute Gasteiger partial charge is 0.298 e. The second-order valence-electron chi connectivity index (χ2n) is 4.06. The van der Waals surface area contributed by atoms with Crippen LogP contribution < -0.4 is 4.57 Å². The van der Waals surface area contributed by atoms with Crippen LogP contribution in [0, 0.1) is 0 Å². The van der Waals surface area contributed by atoms with Gasteiger partial charge in [-0.15, -0.1) is 13.2 Å². The lowest BCUT2D eigenvalue weighted by Crippen LogP contribution is -2.25. The number of nitrogens with zero attached hydrogens (tertiary/aromatic N) is 1. The number of pyridine rings is 1. The summed E-state index contributed by atoms with van der Waals surface area (Å²) >= 11 is 0. The molecular weight excluding hydrogens is 258 g/mol. The van der Waals surface area contributed by atoms with E-state index in [9.17, 15) is 4.79 Å². The van der Waals surface area contributed by atoms with Gasteiger partial charge in [-0.05, 0) is 30.6 Å². The van der Waals surface area contributed by atoms with Crippen molar-refractivity contribution in [2.45, 2.75) is 13.8 Å². The van der Waals surface area contributed by atoms with Crippen LogP contribution in [0.25, 0.3) is 6.08 Å². The Kier molecular flexibility index (Phi) is 13.8. The molecule has 0 bridgehead atoms. The summed E-state index contributed by atoms with van der Waals surface area (Å²) in [5, 5.41) is 0. The molecule has 0 spiro atoms. The third kappa shape index (κ3) is 12.3. The molecular formula is C19H26NO+. The molecule has 0 aliphatic carbocycles. The lowest BCUT2D eigenvalue weighted by molar-refractivity contribution is -0.671. The molecule has 0 unspecified atom stereocenters. The minimum Gasteiger partial charge on any atom is -0.298 e. The highest BCUT2D eigenvalue weighted by atomic mass is 16.1. The zero-order valence-corrected chi connectivity index (χ0v) is 13.4. The quantitative estimate of drug-likeness (QED) is 0.267. The molecule has 0 N–H and O–H groups in total. The van der Waals surface area contributed by atoms with Crippen molar-refractivity contribution in [3.05, 3.63) is 85.8 Å². The van der Waals surface area contributed by atoms with Gasteiger partial charge in [0.1, 0.15) is 13.3 Å². The van der Waals surface area contributed by atoms with Crippen LogP contribution in [0.2, 0.25) is 0 Å². The minimum atomic E-state index is 0.787. The van der Waals surface area contributed by atoms with E-state index in [0.29, 0.717) is 0 Å². The van der Waals surface area contributed by atoms with Crippen molar-refractivity contribution in [2.75, 3.05) is 0 Å². The molecule has 0 amide bonds. The Balaban J connectivity index is 0. The third-order valence-electron chi connectivity index (χ3n) is 2.40. The highest BCUT2D eigenvalue weighted by Crippen LogP contribution is 2.02. The van der Waals surface area contributed by atoms with Gasteiger partial charge in [0.25, 0.3) is 0 Å². The molecule has 2 heteroatoms. The summed E-state index contributed by atoms with van der Waals surface area (Å²) in [7, 11) is 2.00. The van der Waals surface area contributed by atoms with Crippen LogP contribution in [0.15, 0.2) is 80.2 Å². The SMILES string of the molecule is C/C=C(\C)C=O.C=C.C=CC(=C)/C=C/c1cc[n+](C)cc1. The van der Waals surface area contributed by atoms with Gasteiger partial charge in [-0.1, -0.05) is 37.5 Å². The number of aldehydes is 1. The first-order valence-corrected chi connectivity index (χ1v) is 6.56. The summed E-state index contributed by atoms with van der Waals surface area (Å²) in [6, 6.07) is 4.10. The van der Waals surface area contributed by atoms with Crippen LogP contribution in [0.4, 0.5) is 0 Å². The number of aromatic nitrogens is 1. The molecule has 0 aliphatic heterocycles. The Bertz CT molecular complexity index is 493. The first kappa shape index (κ1) is 20.8. The summed E-state index contributed by atoms with van der Waals surface area (Å²) in [5.41, 5.74) is 2.88. The Labute approximate surface area is 129 Å². The van der Waals surface area contributed by atoms with Gasteiger partial charge in [-0.3, -0.25) is 4.79 Å². The van der Waals surface area contributed by atoms with Gasteiger partial charge in [-0.2, -0.15) is 0 Å². The third-order valence-corrected chi connectivity index (χ3v) is 2.40. The zero-order chi connectivity index (χ0) is 16.7. The minimum absolute atomic E-state index is 0.787. The Morgan fingerprint density at radius 2 is 1.76 bits per heavy atom. The molecule has 21 heavy (non-hydrogen) atoms. The molecule has 1 heterocycles. The van der Waals surface area contributed by atoms with E-state index in [2.05, 4.69) is 26.3 Å². The number of aryl methyl sites for hydroxylation is 1. The lowest BCUT2D eigenvalue weighted by Gasteiger charge is -1.91. The van der Waals surface area contributed by atoms with E-state index in [1.165, 1.54) is 5.56 Å². The van der Waals surface area contributed by atoms with Gasteiger partial charge < -0.3 is 0 Å². The highest BCUT2D eigenvalue weighted by molar-refractivity contribution is 5.71. The van der Waals surface area contributed by atoms with Crippen LogP contribution in [0.5, 0.6) is 0 Å². The number of hydrogen-bond acceptors (Lipinski definition) is 1. The maximum atomic E-state index is 9.67. The average Bonchev–Trinajstić information content (AvgIpc) is 2.55. The maximum absolute atomic E-state index is 9.67. The normalized spacial score (nSPS) is 9.76. The number of carbonyl (C=O) groups excluding carboxylic acids is 1. The maximum Gasteiger partial charge on any atom is 0.169 e. The molecule has 112 valence electrons. The monoisotopic (exact) mass is 284 g/mol. The van der Waals surface area contributed by atoms with Crippen molar-refractivity contribution < 1.29 is 9.36 Å². The van der Waals surface area contributed by atoms with E-state index in [0.717, 1.165) is 17.4 Å². The smallest absolute Gasteiger partial charge is 0.169 e. The van der Waals surface area contributed by atoms with E-state index < -0.39 is 0 Å². The summed E-state index contributed by atoms with van der Waals surface area (Å²) < 4.78 is 2.00. The fourth-order valence-corrected chi connectivity index (χ4v) is 0.963. The Morgan fingerprint density at radius 1 is 1.24 bits per heavy atom. The lowest BCUT2D eigenvalue weighted by atomic mass is 10.2. The topological polar surface area (TPSA) is 20.9 Å². The standard InChI is InChI=1S/C12H14N.C5H8O.C2H4/c1-4-11(2)5-6-12-7-9-13(3)10-8-12;1-3-5(2)4-6;1-2/h4-10H,1-2H2,3H3;3-4H,1-2H3;1-2H2/q+1;;/b6-5+;5-3+;. The van der Waals surface area contributed by atoms with Gasteiger partial charge in [0, 0.05) is 12.1 Å². The molecule has 1 aromatic heterocycles. The van der Waals surface area contributed by atoms with Crippen molar-refractivity contribution in [3.63, 3.8) is 0 Å². The second-order valence-corrected chi connectivity index (χ2v) is 4.06. The van der Waals surface area contributed by atoms with Gasteiger partial charge in [-0.25, -0.2) is 4.57 Å². The molecule has 0 saturated heterocycles. The van der Waals surface area contributed by atoms with Crippen LogP contribution >= 0.6 is 0 Å². The number of carbonyl (C=O) groups is 1. The molecule has 1 aromatic rings. The van der Waals surface area contributed by atoms with Gasteiger partial charge in [0.15, 0.2) is 12.4 Å². The summed E-state index contributed by atoms with van der Waals surface area (Å²) in [6.45, 7) is 17.0. The summed E-state index contributed by atoms with van der Waals surface area (Å²) in [4.78, 5) is 9.67. The Hall–Kier alpha value is -2.48. The highest BCUT2D eigenvalue weighted by Gasteiger charge is 1.90. The van der Waals surface area contributed by atoms with Crippen molar-refractivity contribution in [1.82, 2.24) is 0 Å². The number of hydrogen-bond donors (Lipinski definition) is 0. The van der Waals surface area contributed by atoms with Gasteiger partial charge >= 0.3 is 0 Å². The van der Waals surface area contributed by atoms with E-state index in [1.54, 1.807) is 19.1 Å². The first-order chi connectivity index (χ1) is 10.0. The van der Waals surface area contributed by atoms with E-state index in [4.69, 9.17) is 0 Å². The molecule has 0 radical (unpaired) electrons. The van der Waals surface area contributed by atoms with Gasteiger partial charge in [0.2, 0.25) is 0 Å². The second kappa shape index (κ2) is 13.9. The van der Waals surface area contributed by atoms with E-state index in [-0.39, 0.29) is 0 Å². The molecule has 0 aromatic carbocycles. The van der Waals surface area contributed by atoms with E-state index >= 15 is 0 Å². The summed E-state index contributed by atoms with van der Waals surface area (Å²) in [6.07, 6.45) is 12.3. The predicted molar refractivity (Wildman–Crippen MR) is 92.7 cm³/mol. The molecule has 2 nitrogen and oxygen atoms in total. The fourth-order valence-electron chi connectivity index (χ4n) is 0.963. The summed E-state index contributed by atoms with van der Waals surface area (Å²) in [5.74, 6) is 0. The fraction of sp³-hybridized carbons (Fsp3) is 0.158. The van der Waals surface area contributed by atoms with Crippen molar-refractivity contribution >= 4 is 12.4 Å².